The molecule has 1 aromatic heterocycles. The number of carbonyl (C=O) groups excluding carboxylic acids is 2. The highest BCUT2D eigenvalue weighted by molar-refractivity contribution is 9.10. The third kappa shape index (κ3) is 6.20. The van der Waals surface area contributed by atoms with Crippen LogP contribution in [0.4, 0.5) is 0 Å². The molecule has 0 aliphatic carbocycles. The van der Waals surface area contributed by atoms with Crippen LogP contribution in [0.3, 0.4) is 0 Å². The summed E-state index contributed by atoms with van der Waals surface area (Å²) in [5.74, 6) is -0.0444. The maximum absolute atomic E-state index is 11.8. The van der Waals surface area contributed by atoms with Gasteiger partial charge in [-0.3, -0.25) is 4.79 Å². The lowest BCUT2D eigenvalue weighted by Gasteiger charge is -2.07. The zero-order valence-corrected chi connectivity index (χ0v) is 17.1. The number of nitrogens with zero attached hydrogens (tertiary/aromatic N) is 1. The van der Waals surface area contributed by atoms with E-state index in [0.717, 1.165) is 0 Å². The van der Waals surface area contributed by atoms with E-state index < -0.39 is 11.9 Å². The van der Waals surface area contributed by atoms with Gasteiger partial charge >= 0.3 is 5.97 Å². The second-order valence-electron chi connectivity index (χ2n) is 5.59. The molecule has 0 unspecified atom stereocenters. The molecule has 0 saturated carbocycles. The zero-order chi connectivity index (χ0) is 20.6. The molecule has 1 amide bonds. The van der Waals surface area contributed by atoms with Gasteiger partial charge in [-0.2, -0.15) is 5.10 Å². The van der Waals surface area contributed by atoms with Gasteiger partial charge in [0, 0.05) is 5.02 Å². The molecular weight excluding hydrogens is 464 g/mol. The summed E-state index contributed by atoms with van der Waals surface area (Å²) in [7, 11) is 0. The number of furan rings is 1. The van der Waals surface area contributed by atoms with Crippen LogP contribution in [0.25, 0.3) is 0 Å². The van der Waals surface area contributed by atoms with E-state index in [1.165, 1.54) is 18.5 Å². The number of halogens is 2. The third-order valence-electron chi connectivity index (χ3n) is 3.47. The Morgan fingerprint density at radius 1 is 1.17 bits per heavy atom. The van der Waals surface area contributed by atoms with E-state index in [2.05, 4.69) is 26.5 Å². The minimum atomic E-state index is -0.587. The first-order chi connectivity index (χ1) is 14.0. The maximum atomic E-state index is 11.8. The van der Waals surface area contributed by atoms with E-state index >= 15 is 0 Å². The number of benzene rings is 2. The standard InChI is InChI=1S/C20H14BrClN2O5/c21-16-10-14(22)5-8-17(16)28-12-19(25)24-23-11-13-3-6-15(7-4-13)29-20(26)18-2-1-9-27-18/h1-11H,12H2,(H,24,25). The first-order valence-electron chi connectivity index (χ1n) is 8.27. The van der Waals surface area contributed by atoms with Crippen molar-refractivity contribution in [2.45, 2.75) is 0 Å². The number of hydrazone groups is 1. The van der Waals surface area contributed by atoms with Gasteiger partial charge in [0.05, 0.1) is 17.0 Å². The summed E-state index contributed by atoms with van der Waals surface area (Å²) in [6, 6.07) is 14.7. The van der Waals surface area contributed by atoms with Crippen molar-refractivity contribution in [1.29, 1.82) is 0 Å². The number of hydrogen-bond acceptors (Lipinski definition) is 6. The van der Waals surface area contributed by atoms with Crippen LogP contribution in [-0.2, 0) is 4.79 Å². The molecule has 3 rings (SSSR count). The molecule has 3 aromatic rings. The summed E-state index contributed by atoms with van der Waals surface area (Å²) in [6.45, 7) is -0.209. The summed E-state index contributed by atoms with van der Waals surface area (Å²) >= 11 is 9.16. The number of ether oxygens (including phenoxy) is 2. The predicted molar refractivity (Wildman–Crippen MR) is 110 cm³/mol. The summed E-state index contributed by atoms with van der Waals surface area (Å²) in [5.41, 5.74) is 3.06. The molecular formula is C20H14BrClN2O5. The fourth-order valence-corrected chi connectivity index (χ4v) is 2.92. The van der Waals surface area contributed by atoms with Crippen molar-refractivity contribution in [3.63, 3.8) is 0 Å². The monoisotopic (exact) mass is 476 g/mol. The summed E-state index contributed by atoms with van der Waals surface area (Å²) in [5, 5.41) is 4.42. The fourth-order valence-electron chi connectivity index (χ4n) is 2.12. The van der Waals surface area contributed by atoms with Crippen molar-refractivity contribution in [1.82, 2.24) is 5.43 Å². The van der Waals surface area contributed by atoms with E-state index in [1.54, 1.807) is 48.5 Å². The quantitative estimate of drug-likeness (QED) is 0.235. The highest BCUT2D eigenvalue weighted by atomic mass is 79.9. The van der Waals surface area contributed by atoms with Crippen LogP contribution >= 0.6 is 27.5 Å². The van der Waals surface area contributed by atoms with Gasteiger partial charge in [0.2, 0.25) is 5.76 Å². The number of carbonyl (C=O) groups is 2. The van der Waals surface area contributed by atoms with Crippen molar-refractivity contribution in [2.75, 3.05) is 6.61 Å². The summed E-state index contributed by atoms with van der Waals surface area (Å²) < 4.78 is 16.2. The molecule has 1 heterocycles. The molecule has 0 saturated heterocycles. The molecule has 0 spiro atoms. The lowest BCUT2D eigenvalue weighted by Crippen LogP contribution is -2.24. The highest BCUT2D eigenvalue weighted by Crippen LogP contribution is 2.27. The Balaban J connectivity index is 1.46. The number of nitrogens with one attached hydrogen (secondary N) is 1. The Labute approximate surface area is 179 Å². The van der Waals surface area contributed by atoms with Gasteiger partial charge in [0.25, 0.3) is 5.91 Å². The van der Waals surface area contributed by atoms with Crippen LogP contribution < -0.4 is 14.9 Å². The molecule has 29 heavy (non-hydrogen) atoms. The average molecular weight is 478 g/mol. The molecule has 7 nitrogen and oxygen atoms in total. The van der Waals surface area contributed by atoms with Crippen LogP contribution in [0.15, 0.2) is 74.9 Å². The van der Waals surface area contributed by atoms with Crippen molar-refractivity contribution in [3.05, 3.63) is 81.7 Å². The number of esters is 1. The van der Waals surface area contributed by atoms with Crippen LogP contribution in [0, 0.1) is 0 Å². The molecule has 0 aliphatic rings. The molecule has 0 bridgehead atoms. The number of rotatable bonds is 7. The molecule has 0 aliphatic heterocycles. The first kappa shape index (κ1) is 20.6. The third-order valence-corrected chi connectivity index (χ3v) is 4.32. The molecule has 2 aromatic carbocycles. The number of amides is 1. The Morgan fingerprint density at radius 2 is 1.97 bits per heavy atom. The maximum Gasteiger partial charge on any atom is 0.379 e. The van der Waals surface area contributed by atoms with Crippen molar-refractivity contribution in [2.24, 2.45) is 5.10 Å². The van der Waals surface area contributed by atoms with Crippen LogP contribution in [-0.4, -0.2) is 24.7 Å². The fraction of sp³-hybridized carbons (Fsp3) is 0.0500. The van der Waals surface area contributed by atoms with Gasteiger partial charge in [-0.25, -0.2) is 10.2 Å². The van der Waals surface area contributed by atoms with E-state index in [-0.39, 0.29) is 12.4 Å². The molecule has 1 N–H and O–H groups in total. The van der Waals surface area contributed by atoms with Gasteiger partial charge in [0.15, 0.2) is 6.61 Å². The second kappa shape index (κ2) is 9.90. The Kier molecular flexibility index (Phi) is 7.04. The minimum absolute atomic E-state index is 0.117. The highest BCUT2D eigenvalue weighted by Gasteiger charge is 2.11. The molecule has 9 heteroatoms. The van der Waals surface area contributed by atoms with Gasteiger partial charge in [-0.05, 0) is 76.1 Å². The normalized spacial score (nSPS) is 10.7. The molecule has 148 valence electrons. The van der Waals surface area contributed by atoms with E-state index in [1.807, 2.05) is 0 Å². The van der Waals surface area contributed by atoms with E-state index in [0.29, 0.717) is 26.6 Å². The molecule has 0 atom stereocenters. The predicted octanol–water partition coefficient (Wildman–Crippen LogP) is 4.44. The van der Waals surface area contributed by atoms with E-state index in [9.17, 15) is 9.59 Å². The van der Waals surface area contributed by atoms with Crippen molar-refractivity contribution >= 4 is 45.6 Å². The van der Waals surface area contributed by atoms with E-state index in [4.69, 9.17) is 25.5 Å². The SMILES string of the molecule is O=C(COc1ccc(Cl)cc1Br)NN=Cc1ccc(OC(=O)c2ccco2)cc1. The first-order valence-corrected chi connectivity index (χ1v) is 9.44. The Hall–Kier alpha value is -3.10. The van der Waals surface area contributed by atoms with Crippen molar-refractivity contribution in [3.8, 4) is 11.5 Å². The largest absolute Gasteiger partial charge is 0.483 e. The minimum Gasteiger partial charge on any atom is -0.483 e. The van der Waals surface area contributed by atoms with Gasteiger partial charge in [-0.1, -0.05) is 11.6 Å². The average Bonchev–Trinajstić information content (AvgIpc) is 3.24. The Bertz CT molecular complexity index is 1020. The van der Waals surface area contributed by atoms with Crippen molar-refractivity contribution < 1.29 is 23.5 Å². The van der Waals surface area contributed by atoms with Gasteiger partial charge < -0.3 is 13.9 Å². The lowest BCUT2D eigenvalue weighted by atomic mass is 10.2. The molecule has 0 radical (unpaired) electrons. The summed E-state index contributed by atoms with van der Waals surface area (Å²) in [6.07, 6.45) is 2.85. The van der Waals surface area contributed by atoms with Crippen LogP contribution in [0.5, 0.6) is 11.5 Å². The van der Waals surface area contributed by atoms with Crippen LogP contribution in [0.2, 0.25) is 5.02 Å². The summed E-state index contributed by atoms with van der Waals surface area (Å²) in [4.78, 5) is 23.6. The Morgan fingerprint density at radius 3 is 2.66 bits per heavy atom. The number of hydrogen-bond donors (Lipinski definition) is 1. The van der Waals surface area contributed by atoms with Crippen LogP contribution in [0.1, 0.15) is 16.1 Å². The van der Waals surface area contributed by atoms with Gasteiger partial charge in [-0.15, -0.1) is 0 Å². The smallest absolute Gasteiger partial charge is 0.379 e. The topological polar surface area (TPSA) is 90.1 Å². The second-order valence-corrected chi connectivity index (χ2v) is 6.88. The zero-order valence-electron chi connectivity index (χ0n) is 14.8. The van der Waals surface area contributed by atoms with Gasteiger partial charge in [0.1, 0.15) is 11.5 Å². The lowest BCUT2D eigenvalue weighted by molar-refractivity contribution is -0.123. The molecule has 0 fully saturated rings.